The maximum atomic E-state index is 13.3. The quantitative estimate of drug-likeness (QED) is 0.877. The van der Waals surface area contributed by atoms with Crippen LogP contribution in [0.2, 0.25) is 0 Å². The minimum atomic E-state index is -0.209. The topological polar surface area (TPSA) is 28.7 Å². The summed E-state index contributed by atoms with van der Waals surface area (Å²) in [5, 5.41) is 0. The number of aromatic amines is 1. The van der Waals surface area contributed by atoms with Gasteiger partial charge in [-0.2, -0.15) is 11.8 Å². The third-order valence-corrected chi connectivity index (χ3v) is 5.83. The number of halogens is 1. The van der Waals surface area contributed by atoms with Gasteiger partial charge in [-0.1, -0.05) is 12.8 Å². The Morgan fingerprint density at radius 2 is 2.26 bits per heavy atom. The van der Waals surface area contributed by atoms with Crippen LogP contribution in [0.25, 0.3) is 11.0 Å². The second-order valence-corrected chi connectivity index (χ2v) is 6.94. The van der Waals surface area contributed by atoms with Crippen molar-refractivity contribution in [3.8, 4) is 0 Å². The Labute approximate surface area is 117 Å². The fourth-order valence-corrected chi connectivity index (χ4v) is 4.00. The summed E-state index contributed by atoms with van der Waals surface area (Å²) in [7, 11) is 0. The number of thioether (sulfide) groups is 1. The van der Waals surface area contributed by atoms with E-state index in [4.69, 9.17) is 0 Å². The molecule has 1 heterocycles. The fraction of sp³-hybridized carbons (Fsp3) is 0.533. The predicted molar refractivity (Wildman–Crippen MR) is 79.2 cm³/mol. The van der Waals surface area contributed by atoms with Crippen LogP contribution >= 0.6 is 11.8 Å². The van der Waals surface area contributed by atoms with E-state index < -0.39 is 0 Å². The largest absolute Gasteiger partial charge is 0.342 e. The van der Waals surface area contributed by atoms with E-state index in [1.165, 1.54) is 37.8 Å². The first-order chi connectivity index (χ1) is 9.12. The summed E-state index contributed by atoms with van der Waals surface area (Å²) >= 11 is 1.93. The van der Waals surface area contributed by atoms with Crippen LogP contribution in [0.1, 0.15) is 44.3 Å². The highest BCUT2D eigenvalue weighted by Crippen LogP contribution is 2.47. The number of H-pyrrole nitrogens is 1. The Bertz CT molecular complexity index is 595. The highest BCUT2D eigenvalue weighted by atomic mass is 32.2. The molecule has 1 N–H and O–H groups in total. The standard InChI is InChI=1S/C15H19FN2S/c1-15(19-2)8-4-3-5-11(15)14-17-12-7-6-10(16)9-13(12)18-14/h6-7,9,11H,3-5,8H2,1-2H3,(H,17,18). The molecule has 0 bridgehead atoms. The van der Waals surface area contributed by atoms with Crippen LogP contribution in [0.4, 0.5) is 4.39 Å². The van der Waals surface area contributed by atoms with E-state index in [2.05, 4.69) is 23.1 Å². The Morgan fingerprint density at radius 3 is 3.05 bits per heavy atom. The van der Waals surface area contributed by atoms with Crippen LogP contribution in [0.3, 0.4) is 0 Å². The number of fused-ring (bicyclic) bond motifs is 1. The highest BCUT2D eigenvalue weighted by Gasteiger charge is 2.38. The fourth-order valence-electron chi connectivity index (χ4n) is 3.14. The lowest BCUT2D eigenvalue weighted by atomic mass is 9.79. The van der Waals surface area contributed by atoms with Crippen molar-refractivity contribution in [1.82, 2.24) is 9.97 Å². The molecule has 0 amide bonds. The molecular weight excluding hydrogens is 259 g/mol. The molecule has 1 aromatic heterocycles. The summed E-state index contributed by atoms with van der Waals surface area (Å²) in [6.07, 6.45) is 7.12. The average molecular weight is 278 g/mol. The van der Waals surface area contributed by atoms with Gasteiger partial charge in [0.25, 0.3) is 0 Å². The van der Waals surface area contributed by atoms with E-state index in [0.717, 1.165) is 16.9 Å². The second kappa shape index (κ2) is 4.82. The van der Waals surface area contributed by atoms with Gasteiger partial charge in [-0.05, 0) is 44.2 Å². The molecule has 0 saturated heterocycles. The third-order valence-electron chi connectivity index (χ3n) is 4.41. The van der Waals surface area contributed by atoms with Crippen LogP contribution in [0.5, 0.6) is 0 Å². The van der Waals surface area contributed by atoms with Crippen molar-refractivity contribution in [1.29, 1.82) is 0 Å². The number of aromatic nitrogens is 2. The molecule has 0 radical (unpaired) electrons. The summed E-state index contributed by atoms with van der Waals surface area (Å²) in [6, 6.07) is 4.76. The molecule has 2 nitrogen and oxygen atoms in total. The molecule has 1 aliphatic rings. The molecule has 4 heteroatoms. The SMILES string of the molecule is CSC1(C)CCCCC1c1nc2ccc(F)cc2[nH]1. The Kier molecular flexibility index (Phi) is 3.29. The zero-order valence-corrected chi connectivity index (χ0v) is 12.2. The number of nitrogens with zero attached hydrogens (tertiary/aromatic N) is 1. The lowest BCUT2D eigenvalue weighted by Gasteiger charge is -2.39. The molecule has 0 aliphatic heterocycles. The van der Waals surface area contributed by atoms with Gasteiger partial charge in [0, 0.05) is 10.7 Å². The van der Waals surface area contributed by atoms with E-state index in [9.17, 15) is 4.39 Å². The van der Waals surface area contributed by atoms with Gasteiger partial charge in [0.15, 0.2) is 0 Å². The van der Waals surface area contributed by atoms with Crippen molar-refractivity contribution >= 4 is 22.8 Å². The van der Waals surface area contributed by atoms with Crippen molar-refractivity contribution in [3.63, 3.8) is 0 Å². The number of hydrogen-bond acceptors (Lipinski definition) is 2. The van der Waals surface area contributed by atoms with Crippen molar-refractivity contribution < 1.29 is 4.39 Å². The number of rotatable bonds is 2. The zero-order chi connectivity index (χ0) is 13.5. The average Bonchev–Trinajstić information content (AvgIpc) is 2.81. The van der Waals surface area contributed by atoms with E-state index in [1.54, 1.807) is 6.07 Å². The van der Waals surface area contributed by atoms with Crippen molar-refractivity contribution in [2.24, 2.45) is 0 Å². The maximum Gasteiger partial charge on any atom is 0.125 e. The molecule has 1 saturated carbocycles. The number of nitrogens with one attached hydrogen (secondary N) is 1. The molecule has 1 aliphatic carbocycles. The first-order valence-corrected chi connectivity index (χ1v) is 8.05. The maximum absolute atomic E-state index is 13.3. The minimum Gasteiger partial charge on any atom is -0.342 e. The van der Waals surface area contributed by atoms with Gasteiger partial charge in [0.2, 0.25) is 0 Å². The van der Waals surface area contributed by atoms with Gasteiger partial charge < -0.3 is 4.98 Å². The van der Waals surface area contributed by atoms with E-state index in [0.29, 0.717) is 5.92 Å². The van der Waals surface area contributed by atoms with Gasteiger partial charge in [-0.25, -0.2) is 9.37 Å². The van der Waals surface area contributed by atoms with Gasteiger partial charge in [-0.3, -0.25) is 0 Å². The number of benzene rings is 1. The summed E-state index contributed by atoms with van der Waals surface area (Å²) in [5.74, 6) is 1.25. The Balaban J connectivity index is 2.02. The van der Waals surface area contributed by atoms with Crippen LogP contribution in [0.15, 0.2) is 18.2 Å². The van der Waals surface area contributed by atoms with Gasteiger partial charge in [0.1, 0.15) is 11.6 Å². The van der Waals surface area contributed by atoms with Crippen molar-refractivity contribution in [2.75, 3.05) is 6.26 Å². The molecule has 2 unspecified atom stereocenters. The molecule has 19 heavy (non-hydrogen) atoms. The van der Waals surface area contributed by atoms with Crippen molar-refractivity contribution in [2.45, 2.75) is 43.3 Å². The summed E-state index contributed by atoms with van der Waals surface area (Å²) in [4.78, 5) is 8.02. The molecule has 1 fully saturated rings. The molecule has 2 aromatic rings. The second-order valence-electron chi connectivity index (χ2n) is 5.60. The van der Waals surface area contributed by atoms with Gasteiger partial charge >= 0.3 is 0 Å². The van der Waals surface area contributed by atoms with Crippen LogP contribution in [0, 0.1) is 5.82 Å². The van der Waals surface area contributed by atoms with Crippen LogP contribution in [-0.2, 0) is 0 Å². The smallest absolute Gasteiger partial charge is 0.125 e. The zero-order valence-electron chi connectivity index (χ0n) is 11.4. The normalized spacial score (nSPS) is 27.8. The number of hydrogen-bond donors (Lipinski definition) is 1. The summed E-state index contributed by atoms with van der Waals surface area (Å²) < 4.78 is 13.5. The Hall–Kier alpha value is -1.03. The predicted octanol–water partition coefficient (Wildman–Crippen LogP) is 4.48. The van der Waals surface area contributed by atoms with E-state index in [-0.39, 0.29) is 10.6 Å². The Morgan fingerprint density at radius 1 is 1.42 bits per heavy atom. The molecule has 2 atom stereocenters. The van der Waals surface area contributed by atoms with Crippen molar-refractivity contribution in [3.05, 3.63) is 29.8 Å². The molecular formula is C15H19FN2S. The van der Waals surface area contributed by atoms with Crippen LogP contribution in [-0.4, -0.2) is 21.0 Å². The molecule has 102 valence electrons. The van der Waals surface area contributed by atoms with Gasteiger partial charge in [-0.15, -0.1) is 0 Å². The summed E-state index contributed by atoms with van der Waals surface area (Å²) in [5.41, 5.74) is 1.68. The first-order valence-electron chi connectivity index (χ1n) is 6.83. The van der Waals surface area contributed by atoms with Gasteiger partial charge in [0.05, 0.1) is 11.0 Å². The lowest BCUT2D eigenvalue weighted by Crippen LogP contribution is -2.33. The monoisotopic (exact) mass is 278 g/mol. The lowest BCUT2D eigenvalue weighted by molar-refractivity contribution is 0.357. The highest BCUT2D eigenvalue weighted by molar-refractivity contribution is 8.00. The first kappa shape index (κ1) is 13.0. The van der Waals surface area contributed by atoms with E-state index in [1.807, 2.05) is 11.8 Å². The van der Waals surface area contributed by atoms with E-state index >= 15 is 0 Å². The molecule has 0 spiro atoms. The third kappa shape index (κ3) is 2.27. The van der Waals surface area contributed by atoms with Crippen LogP contribution < -0.4 is 0 Å². The molecule has 1 aromatic carbocycles. The molecule has 3 rings (SSSR count). The number of imidazole rings is 1. The minimum absolute atomic E-state index is 0.209. The summed E-state index contributed by atoms with van der Waals surface area (Å²) in [6.45, 7) is 2.33.